The maximum absolute atomic E-state index is 12.2. The number of rotatable bonds is 10. The highest BCUT2D eigenvalue weighted by atomic mass is 16.7. The van der Waals surface area contributed by atoms with E-state index < -0.39 is 6.16 Å². The average Bonchev–Trinajstić information content (AvgIpc) is 2.81. The number of amidine groups is 1. The minimum absolute atomic E-state index is 0.170. The molecule has 0 saturated heterocycles. The highest BCUT2D eigenvalue weighted by molar-refractivity contribution is 5.78. The fourth-order valence-corrected chi connectivity index (χ4v) is 3.15. The Labute approximate surface area is 201 Å². The van der Waals surface area contributed by atoms with Gasteiger partial charge in [-0.15, -0.1) is 0 Å². The molecule has 1 aromatic carbocycles. The molecule has 0 amide bonds. The van der Waals surface area contributed by atoms with Gasteiger partial charge < -0.3 is 24.7 Å². The number of ether oxygens (including phenoxy) is 4. The number of nitrogens with two attached hydrogens (primary N) is 1. The molecule has 2 N–H and O–H groups in total. The Morgan fingerprint density at radius 1 is 1.18 bits per heavy atom. The fourth-order valence-electron chi connectivity index (χ4n) is 3.15. The second-order valence-corrected chi connectivity index (χ2v) is 7.61. The topological polar surface area (TPSA) is 92.4 Å². The van der Waals surface area contributed by atoms with E-state index in [2.05, 4.69) is 17.1 Å². The molecular formula is C27H34N2O5. The summed E-state index contributed by atoms with van der Waals surface area (Å²) in [5, 5.41) is 0. The molecular weight excluding hydrogens is 432 g/mol. The van der Waals surface area contributed by atoms with Crippen LogP contribution < -0.4 is 10.5 Å². The lowest BCUT2D eigenvalue weighted by molar-refractivity contribution is 0.124. The normalized spacial score (nSPS) is 17.2. The molecule has 1 aliphatic carbocycles. The van der Waals surface area contributed by atoms with E-state index in [4.69, 9.17) is 24.7 Å². The van der Waals surface area contributed by atoms with Gasteiger partial charge in [-0.25, -0.2) is 9.79 Å². The molecule has 0 heterocycles. The molecule has 0 aromatic heterocycles. The van der Waals surface area contributed by atoms with Crippen molar-refractivity contribution in [1.82, 2.24) is 0 Å². The maximum atomic E-state index is 12.2. The van der Waals surface area contributed by atoms with Crippen LogP contribution in [0.25, 0.3) is 6.08 Å². The van der Waals surface area contributed by atoms with Gasteiger partial charge in [-0.1, -0.05) is 31.2 Å². The summed E-state index contributed by atoms with van der Waals surface area (Å²) in [5.74, 6) is 3.19. The zero-order valence-corrected chi connectivity index (χ0v) is 20.5. The van der Waals surface area contributed by atoms with Crippen LogP contribution in [0.5, 0.6) is 5.75 Å². The van der Waals surface area contributed by atoms with Gasteiger partial charge in [-0.05, 0) is 56.7 Å². The number of hydrogen-bond donors (Lipinski definition) is 1. The maximum Gasteiger partial charge on any atom is 0.519 e. The first-order valence-electron chi connectivity index (χ1n) is 11.3. The molecule has 1 aliphatic rings. The molecule has 34 heavy (non-hydrogen) atoms. The number of allylic oxidation sites excluding steroid dienone is 8. The van der Waals surface area contributed by atoms with Gasteiger partial charge in [-0.3, -0.25) is 0 Å². The predicted octanol–water partition coefficient (Wildman–Crippen LogP) is 6.26. The number of methoxy groups -OCH3 is 1. The third-order valence-corrected chi connectivity index (χ3v) is 4.73. The van der Waals surface area contributed by atoms with E-state index in [1.807, 2.05) is 45.1 Å². The third kappa shape index (κ3) is 9.40. The largest absolute Gasteiger partial charge is 0.519 e. The van der Waals surface area contributed by atoms with E-state index in [0.29, 0.717) is 36.1 Å². The Hall–Kier alpha value is -3.74. The molecule has 0 bridgehead atoms. The first kappa shape index (κ1) is 26.5. The Kier molecular flexibility index (Phi) is 10.7. The number of nitrogens with zero attached hydrogens (tertiary/aromatic N) is 1. The molecule has 0 radical (unpaired) electrons. The van der Waals surface area contributed by atoms with Crippen LogP contribution in [0.2, 0.25) is 0 Å². The van der Waals surface area contributed by atoms with Gasteiger partial charge in [-0.2, -0.15) is 0 Å². The summed E-state index contributed by atoms with van der Waals surface area (Å²) in [6.45, 7) is 7.95. The van der Waals surface area contributed by atoms with Gasteiger partial charge in [0.1, 0.15) is 23.0 Å². The van der Waals surface area contributed by atoms with Crippen LogP contribution in [0.3, 0.4) is 0 Å². The van der Waals surface area contributed by atoms with Gasteiger partial charge >= 0.3 is 6.16 Å². The Bertz CT molecular complexity index is 1010. The van der Waals surface area contributed by atoms with Crippen molar-refractivity contribution in [2.75, 3.05) is 13.7 Å². The summed E-state index contributed by atoms with van der Waals surface area (Å²) in [5.41, 5.74) is 7.24. The summed E-state index contributed by atoms with van der Waals surface area (Å²) >= 11 is 0. The van der Waals surface area contributed by atoms with Crippen LogP contribution in [-0.4, -0.2) is 25.7 Å². The van der Waals surface area contributed by atoms with Crippen LogP contribution in [0.15, 0.2) is 82.6 Å². The molecule has 182 valence electrons. The molecule has 1 unspecified atom stereocenters. The zero-order valence-electron chi connectivity index (χ0n) is 20.5. The van der Waals surface area contributed by atoms with Crippen molar-refractivity contribution in [3.05, 3.63) is 83.2 Å². The van der Waals surface area contributed by atoms with Crippen LogP contribution in [0, 0.1) is 5.92 Å². The summed E-state index contributed by atoms with van der Waals surface area (Å²) in [6.07, 6.45) is 12.0. The van der Waals surface area contributed by atoms with Gasteiger partial charge in [0.15, 0.2) is 0 Å². The smallest absolute Gasteiger partial charge is 0.501 e. The lowest BCUT2D eigenvalue weighted by Gasteiger charge is -2.18. The molecule has 2 rings (SSSR count). The van der Waals surface area contributed by atoms with Crippen molar-refractivity contribution in [1.29, 1.82) is 0 Å². The minimum Gasteiger partial charge on any atom is -0.501 e. The SMILES string of the molecule is CCOC1=CC(C=Cc2ccc(OC(=O)OC(=CC=C(C)N=C(C)N)CC)cc2)CC(OC)=C1. The molecule has 7 heteroatoms. The first-order chi connectivity index (χ1) is 16.3. The van der Waals surface area contributed by atoms with Gasteiger partial charge in [0.2, 0.25) is 0 Å². The number of hydrogen-bond acceptors (Lipinski definition) is 6. The average molecular weight is 467 g/mol. The molecule has 1 aromatic rings. The standard InChI is InChI=1S/C27H34N2O5/c1-6-23(13-8-19(3)29-20(4)28)33-27(30)34-24-14-11-21(12-15-24)9-10-22-16-25(31-5)18-26(17-22)32-7-2/h8-15,17-18,22H,6-7,16H2,1-5H3,(H2,28,29). The predicted molar refractivity (Wildman–Crippen MR) is 135 cm³/mol. The first-order valence-corrected chi connectivity index (χ1v) is 11.3. The monoisotopic (exact) mass is 466 g/mol. The van der Waals surface area contributed by atoms with E-state index in [0.717, 1.165) is 23.5 Å². The summed E-state index contributed by atoms with van der Waals surface area (Å²) in [7, 11) is 1.67. The summed E-state index contributed by atoms with van der Waals surface area (Å²) in [6, 6.07) is 7.19. The molecule has 0 saturated carbocycles. The van der Waals surface area contributed by atoms with Crippen molar-refractivity contribution >= 4 is 18.1 Å². The molecule has 1 atom stereocenters. The lowest BCUT2D eigenvalue weighted by Crippen LogP contribution is -2.10. The minimum atomic E-state index is -0.796. The number of carbonyl (C=O) groups is 1. The highest BCUT2D eigenvalue weighted by Crippen LogP contribution is 2.26. The second-order valence-electron chi connectivity index (χ2n) is 7.61. The van der Waals surface area contributed by atoms with Crippen LogP contribution in [0.4, 0.5) is 4.79 Å². The van der Waals surface area contributed by atoms with Crippen LogP contribution >= 0.6 is 0 Å². The van der Waals surface area contributed by atoms with Gasteiger partial charge in [0.25, 0.3) is 0 Å². The Morgan fingerprint density at radius 3 is 2.53 bits per heavy atom. The zero-order chi connectivity index (χ0) is 24.9. The van der Waals surface area contributed by atoms with Crippen molar-refractivity contribution < 1.29 is 23.7 Å². The van der Waals surface area contributed by atoms with E-state index in [1.54, 1.807) is 38.3 Å². The summed E-state index contributed by atoms with van der Waals surface area (Å²) < 4.78 is 21.6. The second kappa shape index (κ2) is 13.7. The molecule has 0 spiro atoms. The Morgan fingerprint density at radius 2 is 1.91 bits per heavy atom. The Balaban J connectivity index is 1.96. The number of carbonyl (C=O) groups excluding carboxylic acids is 1. The van der Waals surface area contributed by atoms with Crippen molar-refractivity contribution in [3.8, 4) is 5.75 Å². The van der Waals surface area contributed by atoms with E-state index >= 15 is 0 Å². The summed E-state index contributed by atoms with van der Waals surface area (Å²) in [4.78, 5) is 16.3. The van der Waals surface area contributed by atoms with Gasteiger partial charge in [0, 0.05) is 30.5 Å². The number of aliphatic imine (C=N–C) groups is 1. The van der Waals surface area contributed by atoms with E-state index in [-0.39, 0.29) is 5.92 Å². The van der Waals surface area contributed by atoms with Crippen LogP contribution in [0.1, 0.15) is 46.1 Å². The quantitative estimate of drug-likeness (QED) is 0.109. The van der Waals surface area contributed by atoms with Crippen LogP contribution in [-0.2, 0) is 14.2 Å². The number of benzene rings is 1. The van der Waals surface area contributed by atoms with Crippen molar-refractivity contribution in [2.45, 2.75) is 40.5 Å². The van der Waals surface area contributed by atoms with Crippen molar-refractivity contribution in [3.63, 3.8) is 0 Å². The van der Waals surface area contributed by atoms with E-state index in [1.165, 1.54) is 0 Å². The van der Waals surface area contributed by atoms with Crippen molar-refractivity contribution in [2.24, 2.45) is 16.6 Å². The third-order valence-electron chi connectivity index (χ3n) is 4.73. The highest BCUT2D eigenvalue weighted by Gasteiger charge is 2.14. The lowest BCUT2D eigenvalue weighted by atomic mass is 9.97. The molecule has 7 nitrogen and oxygen atoms in total. The van der Waals surface area contributed by atoms with E-state index in [9.17, 15) is 4.79 Å². The molecule has 0 aliphatic heterocycles. The fraction of sp³-hybridized carbons (Fsp3) is 0.333. The molecule has 0 fully saturated rings. The van der Waals surface area contributed by atoms with Gasteiger partial charge in [0.05, 0.1) is 19.6 Å².